The van der Waals surface area contributed by atoms with E-state index in [4.69, 9.17) is 27.7 Å². The van der Waals surface area contributed by atoms with Crippen LogP contribution in [0, 0.1) is 18.3 Å². The van der Waals surface area contributed by atoms with Crippen LogP contribution in [0.15, 0.2) is 41.1 Å². The van der Waals surface area contributed by atoms with E-state index >= 15 is 0 Å². The molecular formula is C23H20Cl2N4O3. The second-order valence-electron chi connectivity index (χ2n) is 8.16. The maximum absolute atomic E-state index is 12.6. The van der Waals surface area contributed by atoms with Gasteiger partial charge in [0.2, 0.25) is 0 Å². The first kappa shape index (κ1) is 22.3. The second-order valence-corrected chi connectivity index (χ2v) is 8.96. The summed E-state index contributed by atoms with van der Waals surface area (Å²) in [5, 5.41) is 27.9. The minimum Gasteiger partial charge on any atom is -0.377 e. The summed E-state index contributed by atoms with van der Waals surface area (Å²) in [4.78, 5) is 16.7. The quantitative estimate of drug-likeness (QED) is 0.531. The molecular weight excluding hydrogens is 451 g/mol. The Morgan fingerprint density at radius 2 is 2.06 bits per heavy atom. The zero-order valence-corrected chi connectivity index (χ0v) is 18.9. The van der Waals surface area contributed by atoms with Crippen molar-refractivity contribution in [3.63, 3.8) is 0 Å². The Labute approximate surface area is 195 Å². The van der Waals surface area contributed by atoms with E-state index in [1.165, 1.54) is 19.2 Å². The number of benzene rings is 1. The number of pyridine rings is 1. The number of halogens is 2. The van der Waals surface area contributed by atoms with Crippen molar-refractivity contribution < 1.29 is 14.4 Å². The van der Waals surface area contributed by atoms with Crippen molar-refractivity contribution in [2.75, 3.05) is 0 Å². The third kappa shape index (κ3) is 4.22. The first-order chi connectivity index (χ1) is 15.2. The van der Waals surface area contributed by atoms with Gasteiger partial charge < -0.3 is 14.9 Å². The minimum absolute atomic E-state index is 0.0539. The number of hydrogen-bond donors (Lipinski definition) is 2. The van der Waals surface area contributed by atoms with Gasteiger partial charge in [0.05, 0.1) is 11.6 Å². The number of aromatic nitrogens is 2. The topological polar surface area (TPSA) is 112 Å². The molecule has 1 aliphatic carbocycles. The number of nitrogens with zero attached hydrogens (tertiary/aromatic N) is 3. The molecule has 4 rings (SSSR count). The number of nitriles is 1. The van der Waals surface area contributed by atoms with E-state index in [1.807, 2.05) is 6.07 Å². The predicted octanol–water partition coefficient (Wildman–Crippen LogP) is 4.49. The van der Waals surface area contributed by atoms with Crippen LogP contribution in [0.4, 0.5) is 0 Å². The molecule has 7 nitrogen and oxygen atoms in total. The molecule has 164 valence electrons. The lowest BCUT2D eigenvalue weighted by Gasteiger charge is -2.36. The lowest BCUT2D eigenvalue weighted by atomic mass is 9.74. The molecule has 1 atom stereocenters. The fraction of sp³-hybridized carbons (Fsp3) is 0.304. The van der Waals surface area contributed by atoms with Crippen LogP contribution in [0.1, 0.15) is 64.2 Å². The number of carbonyl (C=O) groups excluding carboxylic acids is 1. The Hall–Kier alpha value is -2.92. The number of amides is 1. The molecule has 32 heavy (non-hydrogen) atoms. The zero-order chi connectivity index (χ0) is 23.0. The van der Waals surface area contributed by atoms with Crippen LogP contribution in [0.2, 0.25) is 10.2 Å². The Morgan fingerprint density at radius 3 is 2.75 bits per heavy atom. The lowest BCUT2D eigenvalue weighted by molar-refractivity contribution is 0.0686. The molecule has 2 heterocycles. The highest BCUT2D eigenvalue weighted by Crippen LogP contribution is 2.39. The molecule has 0 aliphatic heterocycles. The van der Waals surface area contributed by atoms with E-state index in [2.05, 4.69) is 21.5 Å². The number of rotatable bonds is 5. The van der Waals surface area contributed by atoms with E-state index in [0.29, 0.717) is 39.7 Å². The van der Waals surface area contributed by atoms with Crippen LogP contribution in [0.3, 0.4) is 0 Å². The van der Waals surface area contributed by atoms with Crippen LogP contribution < -0.4 is 5.32 Å². The highest BCUT2D eigenvalue weighted by atomic mass is 35.5. The Bertz CT molecular complexity index is 1230. The average Bonchev–Trinajstić information content (AvgIpc) is 3.23. The van der Waals surface area contributed by atoms with Crippen LogP contribution in [-0.4, -0.2) is 27.2 Å². The molecule has 1 aromatic carbocycles. The minimum atomic E-state index is -1.53. The summed E-state index contributed by atoms with van der Waals surface area (Å²) >= 11 is 12.0. The fourth-order valence-corrected chi connectivity index (χ4v) is 4.08. The standard InChI is InChI=1S/C23H20Cl2N4O3/c1-12-5-15(11-27-21(12)25)23(2,31)20-9-19(29-32-20)22(30)28-17-6-14(7-17)18-8-16(24)4-3-13(18)10-26/h3-5,8-9,11,14,17,31H,6-7H2,1-2H3,(H,28,30)/t14-,17+,23-/m1/s1. The molecule has 0 saturated heterocycles. The van der Waals surface area contributed by atoms with Gasteiger partial charge in [-0.3, -0.25) is 4.79 Å². The highest BCUT2D eigenvalue weighted by molar-refractivity contribution is 6.30. The SMILES string of the molecule is Cc1cc([C@@](C)(O)c2cc(C(=O)N[C@H]3C[C@@H](c4cc(Cl)ccc4C#N)C3)no2)cnc1Cl. The molecule has 0 bridgehead atoms. The van der Waals surface area contributed by atoms with Gasteiger partial charge in [-0.2, -0.15) is 5.26 Å². The van der Waals surface area contributed by atoms with Crippen LogP contribution in [0.25, 0.3) is 0 Å². The number of aliphatic hydroxyl groups is 1. The number of aryl methyl sites for hydroxylation is 1. The molecule has 0 radical (unpaired) electrons. The summed E-state index contributed by atoms with van der Waals surface area (Å²) < 4.78 is 5.27. The van der Waals surface area contributed by atoms with Gasteiger partial charge in [-0.1, -0.05) is 28.4 Å². The Balaban J connectivity index is 1.41. The maximum Gasteiger partial charge on any atom is 0.273 e. The number of hydrogen-bond acceptors (Lipinski definition) is 6. The first-order valence-corrected chi connectivity index (χ1v) is 10.8. The Morgan fingerprint density at radius 1 is 1.31 bits per heavy atom. The molecule has 2 N–H and O–H groups in total. The number of nitrogens with one attached hydrogen (secondary N) is 1. The number of carbonyl (C=O) groups is 1. The van der Waals surface area contributed by atoms with Crippen molar-refractivity contribution in [3.8, 4) is 6.07 Å². The molecule has 1 aliphatic rings. The van der Waals surface area contributed by atoms with Crippen molar-refractivity contribution in [3.05, 3.63) is 80.4 Å². The van der Waals surface area contributed by atoms with E-state index in [-0.39, 0.29) is 23.4 Å². The predicted molar refractivity (Wildman–Crippen MR) is 119 cm³/mol. The fourth-order valence-electron chi connectivity index (χ4n) is 3.80. The van der Waals surface area contributed by atoms with E-state index in [1.54, 1.807) is 25.1 Å². The van der Waals surface area contributed by atoms with Crippen molar-refractivity contribution in [2.24, 2.45) is 0 Å². The third-order valence-corrected chi connectivity index (χ3v) is 6.48. The molecule has 9 heteroatoms. The van der Waals surface area contributed by atoms with Gasteiger partial charge in [0.15, 0.2) is 11.5 Å². The molecule has 1 saturated carbocycles. The summed E-state index contributed by atoms with van der Waals surface area (Å²) in [5.41, 5.74) is 1.22. The average molecular weight is 471 g/mol. The first-order valence-electron chi connectivity index (χ1n) is 10.0. The van der Waals surface area contributed by atoms with Gasteiger partial charge in [-0.05, 0) is 68.0 Å². The van der Waals surface area contributed by atoms with Crippen LogP contribution in [0.5, 0.6) is 0 Å². The summed E-state index contributed by atoms with van der Waals surface area (Å²) in [7, 11) is 0. The van der Waals surface area contributed by atoms with Crippen molar-refractivity contribution in [1.82, 2.24) is 15.5 Å². The van der Waals surface area contributed by atoms with Crippen LogP contribution in [-0.2, 0) is 5.60 Å². The van der Waals surface area contributed by atoms with Gasteiger partial charge in [0.25, 0.3) is 5.91 Å². The Kier molecular flexibility index (Phi) is 5.95. The largest absolute Gasteiger partial charge is 0.377 e. The van der Waals surface area contributed by atoms with Crippen molar-refractivity contribution in [1.29, 1.82) is 5.26 Å². The van der Waals surface area contributed by atoms with Gasteiger partial charge in [0.1, 0.15) is 10.8 Å². The summed E-state index contributed by atoms with van der Waals surface area (Å²) in [6, 6.07) is 10.5. The molecule has 2 aromatic heterocycles. The van der Waals surface area contributed by atoms with Crippen LogP contribution >= 0.6 is 23.2 Å². The molecule has 0 spiro atoms. The van der Waals surface area contributed by atoms with Gasteiger partial charge in [0, 0.05) is 28.9 Å². The van der Waals surface area contributed by atoms with E-state index in [0.717, 1.165) is 5.56 Å². The van der Waals surface area contributed by atoms with Gasteiger partial charge in [-0.25, -0.2) is 4.98 Å². The summed E-state index contributed by atoms with van der Waals surface area (Å²) in [6.07, 6.45) is 2.84. The van der Waals surface area contributed by atoms with E-state index < -0.39 is 11.5 Å². The highest BCUT2D eigenvalue weighted by Gasteiger charge is 2.35. The zero-order valence-electron chi connectivity index (χ0n) is 17.4. The monoisotopic (exact) mass is 470 g/mol. The second kappa shape index (κ2) is 8.55. The van der Waals surface area contributed by atoms with Crippen molar-refractivity contribution >= 4 is 29.1 Å². The summed E-state index contributed by atoms with van der Waals surface area (Å²) in [5.74, 6) is -0.116. The van der Waals surface area contributed by atoms with E-state index in [9.17, 15) is 15.2 Å². The van der Waals surface area contributed by atoms with Crippen molar-refractivity contribution in [2.45, 2.75) is 44.2 Å². The molecule has 1 amide bonds. The smallest absolute Gasteiger partial charge is 0.273 e. The maximum atomic E-state index is 12.6. The van der Waals surface area contributed by atoms with Gasteiger partial charge in [-0.15, -0.1) is 0 Å². The summed E-state index contributed by atoms with van der Waals surface area (Å²) in [6.45, 7) is 3.32. The third-order valence-electron chi connectivity index (χ3n) is 5.85. The van der Waals surface area contributed by atoms with Gasteiger partial charge >= 0.3 is 0 Å². The molecule has 3 aromatic rings. The normalized spacial score (nSPS) is 19.5. The molecule has 1 fully saturated rings. The lowest BCUT2D eigenvalue weighted by Crippen LogP contribution is -2.43. The molecule has 0 unspecified atom stereocenters.